The van der Waals surface area contributed by atoms with Crippen molar-refractivity contribution < 1.29 is 14.6 Å². The molecule has 12 heteroatoms. The molecule has 0 saturated carbocycles. The van der Waals surface area contributed by atoms with Gasteiger partial charge in [-0.15, -0.1) is 0 Å². The fourth-order valence-electron chi connectivity index (χ4n) is 8.56. The first kappa shape index (κ1) is 32.0. The number of carbonyl (C=O) groups is 1. The zero-order chi connectivity index (χ0) is 34.0. The number of allylic oxidation sites excluding steroid dienone is 1. The normalized spacial score (nSPS) is 23.9. The molecule has 0 spiro atoms. The van der Waals surface area contributed by atoms with Gasteiger partial charge in [0.05, 0.1) is 37.7 Å². The summed E-state index contributed by atoms with van der Waals surface area (Å²) >= 11 is 0. The van der Waals surface area contributed by atoms with Crippen LogP contribution in [0.15, 0.2) is 58.9 Å². The highest BCUT2D eigenvalue weighted by atomic mass is 16.5. The lowest BCUT2D eigenvalue weighted by Gasteiger charge is -2.46. The summed E-state index contributed by atoms with van der Waals surface area (Å²) in [7, 11) is 1.71. The molecule has 0 aromatic carbocycles. The van der Waals surface area contributed by atoms with Gasteiger partial charge in [0.2, 0.25) is 0 Å². The highest BCUT2D eigenvalue weighted by Gasteiger charge is 2.47. The third-order valence-corrected chi connectivity index (χ3v) is 11.1. The molecule has 3 aromatic rings. The van der Waals surface area contributed by atoms with Gasteiger partial charge in [0.15, 0.2) is 0 Å². The van der Waals surface area contributed by atoms with E-state index in [0.717, 1.165) is 75.5 Å². The van der Waals surface area contributed by atoms with Gasteiger partial charge in [-0.2, -0.15) is 0 Å². The molecule has 12 nitrogen and oxygen atoms in total. The summed E-state index contributed by atoms with van der Waals surface area (Å²) in [6.45, 7) is 12.4. The maximum absolute atomic E-state index is 13.9. The van der Waals surface area contributed by atoms with Gasteiger partial charge in [-0.05, 0) is 67.0 Å². The van der Waals surface area contributed by atoms with Gasteiger partial charge in [-0.25, -0.2) is 9.97 Å². The number of aryl methyl sites for hydroxylation is 1. The van der Waals surface area contributed by atoms with E-state index in [1.165, 1.54) is 15.8 Å². The summed E-state index contributed by atoms with van der Waals surface area (Å²) < 4.78 is 6.92. The van der Waals surface area contributed by atoms with Crippen molar-refractivity contribution in [3.05, 3.63) is 70.0 Å². The Morgan fingerprint density at radius 1 is 1.04 bits per heavy atom. The first-order valence-corrected chi connectivity index (χ1v) is 17.5. The van der Waals surface area contributed by atoms with Crippen LogP contribution in [0.1, 0.15) is 45.6 Å². The third kappa shape index (κ3) is 5.69. The second-order valence-electron chi connectivity index (χ2n) is 15.1. The molecule has 1 unspecified atom stereocenters. The van der Waals surface area contributed by atoms with E-state index in [0.29, 0.717) is 41.5 Å². The molecule has 1 amide bonds. The van der Waals surface area contributed by atoms with Crippen LogP contribution >= 0.6 is 0 Å². The van der Waals surface area contributed by atoms with Gasteiger partial charge < -0.3 is 29.5 Å². The van der Waals surface area contributed by atoms with E-state index in [1.807, 2.05) is 24.4 Å². The second-order valence-corrected chi connectivity index (χ2v) is 15.1. The Morgan fingerprint density at radius 3 is 2.57 bits per heavy atom. The highest BCUT2D eigenvalue weighted by Crippen LogP contribution is 2.50. The minimum Gasteiger partial charge on any atom is -0.392 e. The SMILES string of the molecule is C[C@H]1CN(C2COC2)CCN1c1ccc(Nc2cc(-c3ccnc(N4CCN5C6=C(CC5C4=O)CC(C)(C)C6)c3CO)cn(C)c2=O)nc1. The standard InChI is InChI=1S/C37H46N8O4/c1-23-18-42(27-21-49-22-27)9-10-43(23)26-5-6-33(39-17-26)40-30-13-25(19-41(4)35(30)47)28-7-8-38-34(29(28)20-46)45-12-11-44-31(36(45)48)14-24-15-37(2,3)16-32(24)44/h5-8,13,17,19,23,27,31,46H,9-12,14-16,18,20-22H2,1-4H3,(H,39,40)/t23-,31?/m0/s1. The maximum Gasteiger partial charge on any atom is 0.274 e. The van der Waals surface area contributed by atoms with Gasteiger partial charge in [-0.3, -0.25) is 19.4 Å². The molecule has 3 fully saturated rings. The summed E-state index contributed by atoms with van der Waals surface area (Å²) in [6, 6.07) is 8.25. The first-order valence-electron chi connectivity index (χ1n) is 17.5. The number of aliphatic hydroxyl groups is 1. The van der Waals surface area contributed by atoms with Crippen LogP contribution in [0, 0.1) is 5.41 Å². The summed E-state index contributed by atoms with van der Waals surface area (Å²) in [5, 5.41) is 13.9. The van der Waals surface area contributed by atoms with E-state index in [4.69, 9.17) is 4.74 Å². The molecule has 2 N–H and O–H groups in total. The van der Waals surface area contributed by atoms with Crippen LogP contribution in [-0.2, 0) is 23.2 Å². The van der Waals surface area contributed by atoms with Gasteiger partial charge in [-0.1, -0.05) is 13.8 Å². The minimum absolute atomic E-state index is 0.0272. The molecular weight excluding hydrogens is 620 g/mol. The predicted molar refractivity (Wildman–Crippen MR) is 189 cm³/mol. The Morgan fingerprint density at radius 2 is 1.86 bits per heavy atom. The van der Waals surface area contributed by atoms with Crippen molar-refractivity contribution in [1.82, 2.24) is 24.3 Å². The van der Waals surface area contributed by atoms with E-state index in [2.05, 4.69) is 50.8 Å². The highest BCUT2D eigenvalue weighted by molar-refractivity contribution is 5.99. The Labute approximate surface area is 287 Å². The topological polar surface area (TPSA) is 119 Å². The van der Waals surface area contributed by atoms with Crippen LogP contribution in [0.25, 0.3) is 11.1 Å². The number of carbonyl (C=O) groups excluding carboxylic acids is 1. The molecule has 3 aromatic heterocycles. The van der Waals surface area contributed by atoms with Crippen molar-refractivity contribution in [1.29, 1.82) is 0 Å². The zero-order valence-electron chi connectivity index (χ0n) is 28.9. The van der Waals surface area contributed by atoms with E-state index in [9.17, 15) is 14.7 Å². The number of anilines is 4. The van der Waals surface area contributed by atoms with Crippen molar-refractivity contribution in [2.75, 3.05) is 61.1 Å². The van der Waals surface area contributed by atoms with Gasteiger partial charge >= 0.3 is 0 Å². The summed E-state index contributed by atoms with van der Waals surface area (Å²) in [6.07, 6.45) is 8.11. The minimum atomic E-state index is -0.296. The number of piperazine rings is 2. The number of aliphatic hydroxyl groups excluding tert-OH is 1. The molecule has 8 rings (SSSR count). The van der Waals surface area contributed by atoms with Gasteiger partial charge in [0.1, 0.15) is 23.4 Å². The largest absolute Gasteiger partial charge is 0.392 e. The number of ether oxygens (including phenoxy) is 1. The maximum atomic E-state index is 13.9. The molecule has 258 valence electrons. The van der Waals surface area contributed by atoms with Crippen molar-refractivity contribution in [3.8, 4) is 11.1 Å². The average molecular weight is 667 g/mol. The Balaban J connectivity index is 1.01. The Bertz CT molecular complexity index is 1870. The fourth-order valence-corrected chi connectivity index (χ4v) is 8.56. The number of nitrogens with zero attached hydrogens (tertiary/aromatic N) is 7. The summed E-state index contributed by atoms with van der Waals surface area (Å²) in [5.74, 6) is 1.07. The molecule has 4 aliphatic heterocycles. The molecule has 7 heterocycles. The van der Waals surface area contributed by atoms with Crippen LogP contribution < -0.4 is 20.7 Å². The van der Waals surface area contributed by atoms with Crippen LogP contribution in [-0.4, -0.2) is 99.4 Å². The smallest absolute Gasteiger partial charge is 0.274 e. The number of fused-ring (bicyclic) bond motifs is 2. The van der Waals surface area contributed by atoms with Gasteiger partial charge in [0.25, 0.3) is 11.5 Å². The van der Waals surface area contributed by atoms with Crippen molar-refractivity contribution in [2.45, 2.75) is 64.8 Å². The molecule has 49 heavy (non-hydrogen) atoms. The predicted octanol–water partition coefficient (Wildman–Crippen LogP) is 3.48. The number of aromatic nitrogens is 3. The quantitative estimate of drug-likeness (QED) is 0.388. The van der Waals surface area contributed by atoms with Crippen molar-refractivity contribution in [2.24, 2.45) is 12.5 Å². The van der Waals surface area contributed by atoms with E-state index in [1.54, 1.807) is 30.4 Å². The lowest BCUT2D eigenvalue weighted by molar-refractivity contribution is -0.124. The number of amides is 1. The van der Waals surface area contributed by atoms with Crippen LogP contribution in [0.4, 0.5) is 23.0 Å². The number of pyridine rings is 3. The molecule has 5 aliphatic rings. The monoisotopic (exact) mass is 666 g/mol. The fraction of sp³-hybridized carbons (Fsp3) is 0.514. The molecule has 0 radical (unpaired) electrons. The van der Waals surface area contributed by atoms with E-state index < -0.39 is 0 Å². The Kier molecular flexibility index (Phi) is 8.00. The second kappa shape index (κ2) is 12.3. The van der Waals surface area contributed by atoms with Crippen LogP contribution in [0.2, 0.25) is 0 Å². The lowest BCUT2D eigenvalue weighted by Crippen LogP contribution is -2.59. The lowest BCUT2D eigenvalue weighted by atomic mass is 9.87. The van der Waals surface area contributed by atoms with Crippen molar-refractivity contribution in [3.63, 3.8) is 0 Å². The number of hydrogen-bond acceptors (Lipinski definition) is 10. The Hall–Kier alpha value is -4.26. The molecular formula is C37H46N8O4. The first-order chi connectivity index (χ1) is 23.6. The number of hydrogen-bond donors (Lipinski definition) is 2. The molecule has 1 aliphatic carbocycles. The average Bonchev–Trinajstić information content (AvgIpc) is 3.55. The van der Waals surface area contributed by atoms with E-state index in [-0.39, 0.29) is 29.5 Å². The van der Waals surface area contributed by atoms with E-state index >= 15 is 0 Å². The molecule has 0 bridgehead atoms. The number of rotatable bonds is 7. The third-order valence-electron chi connectivity index (χ3n) is 11.1. The van der Waals surface area contributed by atoms with Crippen molar-refractivity contribution >= 4 is 28.9 Å². The molecule has 2 atom stereocenters. The summed E-state index contributed by atoms with van der Waals surface area (Å²) in [4.78, 5) is 45.5. The van der Waals surface area contributed by atoms with Crippen LogP contribution in [0.5, 0.6) is 0 Å². The van der Waals surface area contributed by atoms with Gasteiger partial charge in [0, 0.05) is 75.0 Å². The number of nitrogens with one attached hydrogen (secondary N) is 1. The summed E-state index contributed by atoms with van der Waals surface area (Å²) in [5.41, 5.74) is 6.26. The molecule has 3 saturated heterocycles. The zero-order valence-corrected chi connectivity index (χ0v) is 28.9. The van der Waals surface area contributed by atoms with Crippen LogP contribution in [0.3, 0.4) is 0 Å².